The molecule has 0 saturated carbocycles. The summed E-state index contributed by atoms with van der Waals surface area (Å²) in [6.45, 7) is 0.650. The van der Waals surface area contributed by atoms with Crippen molar-refractivity contribution in [3.63, 3.8) is 0 Å². The molecule has 0 fully saturated rings. The van der Waals surface area contributed by atoms with Gasteiger partial charge in [0.1, 0.15) is 24.7 Å². The van der Waals surface area contributed by atoms with Crippen molar-refractivity contribution >= 4 is 33.5 Å². The number of carbonyl (C=O) groups excluding carboxylic acids is 2. The van der Waals surface area contributed by atoms with E-state index in [0.717, 1.165) is 4.47 Å². The van der Waals surface area contributed by atoms with E-state index in [1.807, 2.05) is 36.4 Å². The highest BCUT2D eigenvalue weighted by Gasteiger charge is 2.25. The minimum atomic E-state index is -0.375. The summed E-state index contributed by atoms with van der Waals surface area (Å²) in [6.07, 6.45) is 0.108. The molecule has 0 unspecified atom stereocenters. The molecule has 1 amide bonds. The molecule has 0 N–H and O–H groups in total. The Morgan fingerprint density at radius 3 is 2.85 bits per heavy atom. The molecule has 0 radical (unpaired) electrons. The Kier molecular flexibility index (Phi) is 6.12. The smallest absolute Gasteiger partial charge is 0.307 e. The molecule has 26 heavy (non-hydrogen) atoms. The van der Waals surface area contributed by atoms with Crippen LogP contribution in [0, 0.1) is 0 Å². The second kappa shape index (κ2) is 8.71. The van der Waals surface area contributed by atoms with Crippen molar-refractivity contribution in [3.8, 4) is 11.5 Å². The number of nitrogens with zero attached hydrogens (tertiary/aromatic N) is 1. The second-order valence-corrected chi connectivity index (χ2v) is 6.49. The summed E-state index contributed by atoms with van der Waals surface area (Å²) >= 11 is 3.36. The first-order valence-corrected chi connectivity index (χ1v) is 8.99. The van der Waals surface area contributed by atoms with E-state index in [1.165, 1.54) is 0 Å². The van der Waals surface area contributed by atoms with E-state index < -0.39 is 0 Å². The van der Waals surface area contributed by atoms with Gasteiger partial charge in [-0.05, 0) is 30.3 Å². The van der Waals surface area contributed by atoms with E-state index in [1.54, 1.807) is 17.0 Å². The molecular weight excluding hydrogens is 402 g/mol. The topological polar surface area (TPSA) is 65.1 Å². The highest BCUT2D eigenvalue weighted by molar-refractivity contribution is 9.10. The minimum Gasteiger partial charge on any atom is -0.490 e. The van der Waals surface area contributed by atoms with Crippen molar-refractivity contribution in [1.82, 2.24) is 0 Å². The summed E-state index contributed by atoms with van der Waals surface area (Å²) in [5.74, 6) is 0.794. The Balaban J connectivity index is 1.42. The fraction of sp³-hybridized carbons (Fsp3) is 0.263. The molecule has 1 aliphatic rings. The van der Waals surface area contributed by atoms with Crippen LogP contribution in [0.15, 0.2) is 53.0 Å². The Labute approximate surface area is 159 Å². The van der Waals surface area contributed by atoms with Crippen LogP contribution in [0.3, 0.4) is 0 Å². The zero-order chi connectivity index (χ0) is 18.4. The normalized spacial score (nSPS) is 13.0. The molecule has 1 aliphatic heterocycles. The second-order valence-electron chi connectivity index (χ2n) is 5.58. The van der Waals surface area contributed by atoms with Gasteiger partial charge in [-0.2, -0.15) is 0 Å². The van der Waals surface area contributed by atoms with Gasteiger partial charge in [0.25, 0.3) is 5.91 Å². The minimum absolute atomic E-state index is 0.0213. The molecule has 136 valence electrons. The van der Waals surface area contributed by atoms with Crippen LogP contribution < -0.4 is 14.4 Å². The summed E-state index contributed by atoms with van der Waals surface area (Å²) in [5, 5.41) is 0. The van der Waals surface area contributed by atoms with Crippen molar-refractivity contribution in [1.29, 1.82) is 0 Å². The van der Waals surface area contributed by atoms with E-state index in [4.69, 9.17) is 14.2 Å². The van der Waals surface area contributed by atoms with Gasteiger partial charge in [-0.25, -0.2) is 0 Å². The number of amides is 1. The Morgan fingerprint density at radius 1 is 1.15 bits per heavy atom. The van der Waals surface area contributed by atoms with Gasteiger partial charge in [0.05, 0.1) is 12.1 Å². The zero-order valence-corrected chi connectivity index (χ0v) is 15.6. The molecule has 0 saturated heterocycles. The lowest BCUT2D eigenvalue weighted by molar-refractivity contribution is -0.144. The first-order valence-electron chi connectivity index (χ1n) is 8.19. The van der Waals surface area contributed by atoms with Gasteiger partial charge < -0.3 is 19.1 Å². The third-order valence-electron chi connectivity index (χ3n) is 3.76. The summed E-state index contributed by atoms with van der Waals surface area (Å²) in [4.78, 5) is 25.5. The average Bonchev–Trinajstić information content (AvgIpc) is 2.64. The van der Waals surface area contributed by atoms with Gasteiger partial charge in [0.15, 0.2) is 6.61 Å². The van der Waals surface area contributed by atoms with E-state index >= 15 is 0 Å². The van der Waals surface area contributed by atoms with Crippen LogP contribution in [-0.2, 0) is 14.3 Å². The van der Waals surface area contributed by atoms with Crippen molar-refractivity contribution < 1.29 is 23.8 Å². The fourth-order valence-corrected chi connectivity index (χ4v) is 2.92. The number of carbonyl (C=O) groups is 2. The summed E-state index contributed by atoms with van der Waals surface area (Å²) in [7, 11) is 0. The molecule has 1 heterocycles. The zero-order valence-electron chi connectivity index (χ0n) is 14.0. The van der Waals surface area contributed by atoms with Crippen molar-refractivity contribution in [2.45, 2.75) is 6.42 Å². The number of anilines is 1. The number of para-hydroxylation sites is 2. The molecule has 6 nitrogen and oxygen atoms in total. The molecular formula is C19H18BrNO5. The third kappa shape index (κ3) is 4.76. The van der Waals surface area contributed by atoms with E-state index in [-0.39, 0.29) is 44.7 Å². The highest BCUT2D eigenvalue weighted by atomic mass is 79.9. The largest absolute Gasteiger partial charge is 0.490 e. The van der Waals surface area contributed by atoms with Gasteiger partial charge in [0, 0.05) is 11.0 Å². The first-order chi connectivity index (χ1) is 12.6. The van der Waals surface area contributed by atoms with E-state index in [2.05, 4.69) is 15.9 Å². The van der Waals surface area contributed by atoms with Crippen LogP contribution >= 0.6 is 15.9 Å². The quantitative estimate of drug-likeness (QED) is 0.509. The van der Waals surface area contributed by atoms with Crippen LogP contribution in [-0.4, -0.2) is 38.2 Å². The summed E-state index contributed by atoms with van der Waals surface area (Å²) in [5.41, 5.74) is 0.675. The van der Waals surface area contributed by atoms with Gasteiger partial charge in [-0.15, -0.1) is 0 Å². The molecule has 2 aromatic rings. The maximum atomic E-state index is 12.0. The third-order valence-corrected chi connectivity index (χ3v) is 4.25. The maximum Gasteiger partial charge on any atom is 0.307 e. The van der Waals surface area contributed by atoms with Gasteiger partial charge in [-0.1, -0.05) is 34.1 Å². The number of ether oxygens (including phenoxy) is 3. The predicted octanol–water partition coefficient (Wildman–Crippen LogP) is 3.19. The number of halogens is 1. The number of rotatable bonds is 7. The van der Waals surface area contributed by atoms with Crippen molar-refractivity contribution in [2.24, 2.45) is 0 Å². The molecule has 0 spiro atoms. The van der Waals surface area contributed by atoms with Gasteiger partial charge >= 0.3 is 5.97 Å². The number of benzene rings is 2. The lowest BCUT2D eigenvalue weighted by atomic mass is 10.2. The predicted molar refractivity (Wildman–Crippen MR) is 99.5 cm³/mol. The summed E-state index contributed by atoms with van der Waals surface area (Å²) < 4.78 is 17.0. The fourth-order valence-electron chi connectivity index (χ4n) is 2.55. The van der Waals surface area contributed by atoms with Crippen LogP contribution in [0.25, 0.3) is 0 Å². The van der Waals surface area contributed by atoms with Crippen molar-refractivity contribution in [2.75, 3.05) is 31.3 Å². The van der Waals surface area contributed by atoms with Crippen molar-refractivity contribution in [3.05, 3.63) is 53.0 Å². The summed E-state index contributed by atoms with van der Waals surface area (Å²) in [6, 6.07) is 14.7. The standard InChI is InChI=1S/C19H18BrNO5/c20-14-4-3-5-15(12-14)24-10-11-25-19(23)8-9-21-16-6-1-2-7-17(16)26-13-18(21)22/h1-7,12H,8-11,13H2. The van der Waals surface area contributed by atoms with Crippen LogP contribution in [0.1, 0.15) is 6.42 Å². The number of hydrogen-bond donors (Lipinski definition) is 0. The monoisotopic (exact) mass is 419 g/mol. The molecule has 2 aromatic carbocycles. The van der Waals surface area contributed by atoms with Gasteiger partial charge in [-0.3, -0.25) is 9.59 Å². The number of esters is 1. The van der Waals surface area contributed by atoms with E-state index in [0.29, 0.717) is 17.2 Å². The highest BCUT2D eigenvalue weighted by Crippen LogP contribution is 2.31. The van der Waals surface area contributed by atoms with E-state index in [9.17, 15) is 9.59 Å². The first kappa shape index (κ1) is 18.3. The van der Waals surface area contributed by atoms with Crippen LogP contribution in [0.4, 0.5) is 5.69 Å². The Hall–Kier alpha value is -2.54. The number of fused-ring (bicyclic) bond motifs is 1. The van der Waals surface area contributed by atoms with Crippen LogP contribution in [0.5, 0.6) is 11.5 Å². The molecule has 0 atom stereocenters. The lowest BCUT2D eigenvalue weighted by Gasteiger charge is -2.28. The average molecular weight is 420 g/mol. The molecule has 0 aliphatic carbocycles. The van der Waals surface area contributed by atoms with Gasteiger partial charge in [0.2, 0.25) is 0 Å². The SMILES string of the molecule is O=C(CCN1C(=O)COc2ccccc21)OCCOc1cccc(Br)c1. The maximum absolute atomic E-state index is 12.0. The molecule has 0 aromatic heterocycles. The lowest BCUT2D eigenvalue weighted by Crippen LogP contribution is -2.40. The Bertz CT molecular complexity index is 795. The molecule has 3 rings (SSSR count). The molecule has 7 heteroatoms. The Morgan fingerprint density at radius 2 is 2.00 bits per heavy atom. The molecule has 0 bridgehead atoms. The van der Waals surface area contributed by atoms with Crippen LogP contribution in [0.2, 0.25) is 0 Å². The number of hydrogen-bond acceptors (Lipinski definition) is 5.